The van der Waals surface area contributed by atoms with Gasteiger partial charge in [-0.1, -0.05) is 17.7 Å². The topological polar surface area (TPSA) is 97.1 Å². The van der Waals surface area contributed by atoms with Gasteiger partial charge in [-0.2, -0.15) is 0 Å². The zero-order valence-electron chi connectivity index (χ0n) is 10.3. The number of rotatable bonds is 3. The molecule has 3 amide bonds. The Hall–Kier alpha value is -2.60. The highest BCUT2D eigenvalue weighted by Crippen LogP contribution is 2.16. The normalized spacial score (nSPS) is 9.85. The molecule has 0 saturated heterocycles. The van der Waals surface area contributed by atoms with Crippen LogP contribution >= 0.6 is 11.6 Å². The fraction of sp³-hybridized carbons (Fsp3) is 0. The molecule has 0 spiro atoms. The van der Waals surface area contributed by atoms with Crippen LogP contribution in [-0.2, 0) is 0 Å². The predicted molar refractivity (Wildman–Crippen MR) is 76.8 cm³/mol. The number of nitrogens with two attached hydrogens (primary N) is 1. The molecule has 2 rings (SSSR count). The van der Waals surface area contributed by atoms with Crippen molar-refractivity contribution in [2.45, 2.75) is 0 Å². The molecule has 0 bridgehead atoms. The lowest BCUT2D eigenvalue weighted by atomic mass is 10.2. The maximum atomic E-state index is 12.0. The molecule has 1 aromatic heterocycles. The number of hydrogen-bond acceptors (Lipinski definition) is 3. The van der Waals surface area contributed by atoms with Crippen LogP contribution in [0, 0.1) is 0 Å². The maximum Gasteiger partial charge on any atom is 0.316 e. The van der Waals surface area contributed by atoms with E-state index in [0.29, 0.717) is 16.4 Å². The van der Waals surface area contributed by atoms with Crippen molar-refractivity contribution in [2.24, 2.45) is 5.73 Å². The molecule has 1 aromatic carbocycles. The van der Waals surface area contributed by atoms with Crippen LogP contribution in [-0.4, -0.2) is 16.9 Å². The summed E-state index contributed by atoms with van der Waals surface area (Å²) in [5, 5.41) is 5.49. The first kappa shape index (κ1) is 13.8. The van der Waals surface area contributed by atoms with E-state index < -0.39 is 11.9 Å². The molecule has 0 aliphatic heterocycles. The Morgan fingerprint density at radius 2 is 1.80 bits per heavy atom. The van der Waals surface area contributed by atoms with Gasteiger partial charge in [-0.15, -0.1) is 0 Å². The molecule has 2 aromatic rings. The molecule has 0 saturated carbocycles. The fourth-order valence-electron chi connectivity index (χ4n) is 1.54. The van der Waals surface area contributed by atoms with Gasteiger partial charge in [0.1, 0.15) is 5.69 Å². The number of carbonyl (C=O) groups is 2. The van der Waals surface area contributed by atoms with E-state index in [1.807, 2.05) is 0 Å². The van der Waals surface area contributed by atoms with Gasteiger partial charge in [0.2, 0.25) is 0 Å². The van der Waals surface area contributed by atoms with Crippen LogP contribution in [0.1, 0.15) is 10.5 Å². The Morgan fingerprint density at radius 3 is 2.45 bits per heavy atom. The Kier molecular flexibility index (Phi) is 4.17. The Labute approximate surface area is 120 Å². The number of benzene rings is 1. The van der Waals surface area contributed by atoms with Crippen LogP contribution in [0.2, 0.25) is 5.02 Å². The average molecular weight is 291 g/mol. The highest BCUT2D eigenvalue weighted by molar-refractivity contribution is 6.30. The molecule has 1 heterocycles. The van der Waals surface area contributed by atoms with Gasteiger partial charge in [0.05, 0.1) is 0 Å². The molecule has 0 fully saturated rings. The summed E-state index contributed by atoms with van der Waals surface area (Å²) >= 11 is 5.79. The maximum absolute atomic E-state index is 12.0. The second kappa shape index (κ2) is 6.03. The lowest BCUT2D eigenvalue weighted by molar-refractivity contribution is 0.102. The zero-order chi connectivity index (χ0) is 14.5. The Balaban J connectivity index is 2.13. The molecule has 7 heteroatoms. The predicted octanol–water partition coefficient (Wildman–Crippen LogP) is 2.48. The van der Waals surface area contributed by atoms with E-state index in [1.54, 1.807) is 30.3 Å². The van der Waals surface area contributed by atoms with E-state index in [1.165, 1.54) is 12.3 Å². The van der Waals surface area contributed by atoms with Crippen molar-refractivity contribution < 1.29 is 9.59 Å². The molecule has 0 unspecified atom stereocenters. The van der Waals surface area contributed by atoms with E-state index in [-0.39, 0.29) is 5.69 Å². The summed E-state index contributed by atoms with van der Waals surface area (Å²) in [5.41, 5.74) is 6.20. The molecule has 4 N–H and O–H groups in total. The minimum Gasteiger partial charge on any atom is -0.351 e. The molecular weight excluding hydrogens is 280 g/mol. The number of urea groups is 1. The van der Waals surface area contributed by atoms with Crippen molar-refractivity contribution in [1.82, 2.24) is 4.98 Å². The quantitative estimate of drug-likeness (QED) is 0.810. The third kappa shape index (κ3) is 3.69. The number of amides is 3. The SMILES string of the molecule is NC(=O)Nc1cccc(NC(=O)c2cc(Cl)ccn2)c1. The van der Waals surface area contributed by atoms with Crippen LogP contribution in [0.25, 0.3) is 0 Å². The zero-order valence-corrected chi connectivity index (χ0v) is 11.0. The minimum absolute atomic E-state index is 0.200. The molecule has 102 valence electrons. The molecule has 20 heavy (non-hydrogen) atoms. The molecule has 0 aliphatic carbocycles. The standard InChI is InChI=1S/C13H11ClN4O2/c14-8-4-5-16-11(6-8)12(19)17-9-2-1-3-10(7-9)18-13(15)20/h1-7H,(H,17,19)(H3,15,18,20). The van der Waals surface area contributed by atoms with Gasteiger partial charge in [0.15, 0.2) is 0 Å². The second-order valence-electron chi connectivity index (χ2n) is 3.88. The first-order valence-electron chi connectivity index (χ1n) is 5.64. The summed E-state index contributed by atoms with van der Waals surface area (Å²) < 4.78 is 0. The average Bonchev–Trinajstić information content (AvgIpc) is 2.38. The van der Waals surface area contributed by atoms with Gasteiger partial charge >= 0.3 is 6.03 Å². The van der Waals surface area contributed by atoms with Gasteiger partial charge in [0.25, 0.3) is 5.91 Å². The number of carbonyl (C=O) groups excluding carboxylic acids is 2. The number of nitrogens with zero attached hydrogens (tertiary/aromatic N) is 1. The number of nitrogens with one attached hydrogen (secondary N) is 2. The fourth-order valence-corrected chi connectivity index (χ4v) is 1.70. The summed E-state index contributed by atoms with van der Waals surface area (Å²) in [6, 6.07) is 8.94. The van der Waals surface area contributed by atoms with E-state index >= 15 is 0 Å². The van der Waals surface area contributed by atoms with Gasteiger partial charge in [0, 0.05) is 22.6 Å². The van der Waals surface area contributed by atoms with Gasteiger partial charge in [-0.05, 0) is 30.3 Å². The van der Waals surface area contributed by atoms with Crippen LogP contribution in [0.3, 0.4) is 0 Å². The van der Waals surface area contributed by atoms with Crippen LogP contribution in [0.15, 0.2) is 42.6 Å². The largest absolute Gasteiger partial charge is 0.351 e. The first-order chi connectivity index (χ1) is 9.54. The third-order valence-electron chi connectivity index (χ3n) is 2.34. The summed E-state index contributed by atoms with van der Waals surface area (Å²) in [4.78, 5) is 26.6. The van der Waals surface area contributed by atoms with Gasteiger partial charge in [-0.25, -0.2) is 4.79 Å². The van der Waals surface area contributed by atoms with Crippen molar-refractivity contribution in [3.63, 3.8) is 0 Å². The second-order valence-corrected chi connectivity index (χ2v) is 4.32. The smallest absolute Gasteiger partial charge is 0.316 e. The lowest BCUT2D eigenvalue weighted by Gasteiger charge is -2.07. The van der Waals surface area contributed by atoms with Crippen molar-refractivity contribution in [2.75, 3.05) is 10.6 Å². The van der Waals surface area contributed by atoms with Crippen molar-refractivity contribution in [3.05, 3.63) is 53.3 Å². The molecule has 0 aliphatic rings. The minimum atomic E-state index is -0.676. The summed E-state index contributed by atoms with van der Waals surface area (Å²) in [6.45, 7) is 0. The summed E-state index contributed by atoms with van der Waals surface area (Å²) in [7, 11) is 0. The third-order valence-corrected chi connectivity index (χ3v) is 2.58. The van der Waals surface area contributed by atoms with Crippen LogP contribution < -0.4 is 16.4 Å². The number of halogens is 1. The van der Waals surface area contributed by atoms with Crippen molar-refractivity contribution in [3.8, 4) is 0 Å². The summed E-state index contributed by atoms with van der Waals surface area (Å²) in [6.07, 6.45) is 1.45. The van der Waals surface area contributed by atoms with E-state index in [4.69, 9.17) is 17.3 Å². The van der Waals surface area contributed by atoms with E-state index in [9.17, 15) is 9.59 Å². The molecule has 0 atom stereocenters. The Bertz CT molecular complexity index is 660. The van der Waals surface area contributed by atoms with Crippen molar-refractivity contribution in [1.29, 1.82) is 0 Å². The molecule has 6 nitrogen and oxygen atoms in total. The highest BCUT2D eigenvalue weighted by Gasteiger charge is 2.08. The van der Waals surface area contributed by atoms with Crippen LogP contribution in [0.5, 0.6) is 0 Å². The number of anilines is 2. The number of primary amides is 1. The summed E-state index contributed by atoms with van der Waals surface area (Å²) in [5.74, 6) is -0.399. The lowest BCUT2D eigenvalue weighted by Crippen LogP contribution is -2.19. The number of aromatic nitrogens is 1. The Morgan fingerprint density at radius 1 is 1.10 bits per heavy atom. The van der Waals surface area contributed by atoms with Gasteiger partial charge < -0.3 is 16.4 Å². The van der Waals surface area contributed by atoms with E-state index in [2.05, 4.69) is 15.6 Å². The first-order valence-corrected chi connectivity index (χ1v) is 6.02. The van der Waals surface area contributed by atoms with Crippen LogP contribution in [0.4, 0.5) is 16.2 Å². The van der Waals surface area contributed by atoms with Gasteiger partial charge in [-0.3, -0.25) is 9.78 Å². The number of hydrogen-bond donors (Lipinski definition) is 3. The monoisotopic (exact) mass is 290 g/mol. The highest BCUT2D eigenvalue weighted by atomic mass is 35.5. The molecular formula is C13H11ClN4O2. The molecule has 0 radical (unpaired) electrons. The number of pyridine rings is 1. The van der Waals surface area contributed by atoms with E-state index in [0.717, 1.165) is 0 Å². The van der Waals surface area contributed by atoms with Crippen molar-refractivity contribution >= 4 is 34.9 Å².